The van der Waals surface area contributed by atoms with Crippen LogP contribution in [0.25, 0.3) is 0 Å². The molecule has 3 heteroatoms. The molecule has 2 bridgehead atoms. The second-order valence-corrected chi connectivity index (χ2v) is 5.43. The van der Waals surface area contributed by atoms with Gasteiger partial charge in [-0.15, -0.1) is 0 Å². The average molecular weight is 267 g/mol. The number of nitrogens with zero attached hydrogens (tertiary/aromatic N) is 1. The number of anilines is 1. The van der Waals surface area contributed by atoms with Gasteiger partial charge in [0.15, 0.2) is 0 Å². The van der Waals surface area contributed by atoms with Gasteiger partial charge in [0.25, 0.3) is 0 Å². The third-order valence-corrected chi connectivity index (χ3v) is 3.94. The zero-order valence-electron chi connectivity index (χ0n) is 8.62. The molecule has 2 saturated heterocycles. The maximum absolute atomic E-state index is 3.65. The summed E-state index contributed by atoms with van der Waals surface area (Å²) in [7, 11) is 0. The van der Waals surface area contributed by atoms with Gasteiger partial charge in [-0.25, -0.2) is 0 Å². The van der Waals surface area contributed by atoms with Crippen LogP contribution in [0.2, 0.25) is 0 Å². The Labute approximate surface area is 98.8 Å². The summed E-state index contributed by atoms with van der Waals surface area (Å²) in [5.41, 5.74) is 1.36. The highest BCUT2D eigenvalue weighted by atomic mass is 79.9. The molecule has 0 aliphatic carbocycles. The van der Waals surface area contributed by atoms with Crippen LogP contribution in [0, 0.1) is 0 Å². The van der Waals surface area contributed by atoms with Crippen molar-refractivity contribution in [2.45, 2.75) is 24.9 Å². The minimum atomic E-state index is 0.715. The molecule has 1 N–H and O–H groups in total. The van der Waals surface area contributed by atoms with Crippen LogP contribution in [0.3, 0.4) is 0 Å². The quantitative estimate of drug-likeness (QED) is 0.840. The van der Waals surface area contributed by atoms with Crippen molar-refractivity contribution in [1.29, 1.82) is 0 Å². The number of halogens is 1. The molecular weight excluding hydrogens is 252 g/mol. The third-order valence-electron chi connectivity index (χ3n) is 3.41. The lowest BCUT2D eigenvalue weighted by atomic mass is 10.2. The molecule has 0 saturated carbocycles. The smallest absolute Gasteiger partial charge is 0.0368 e. The van der Waals surface area contributed by atoms with E-state index in [0.717, 1.165) is 17.6 Å². The van der Waals surface area contributed by atoms with Gasteiger partial charge in [-0.2, -0.15) is 0 Å². The van der Waals surface area contributed by atoms with Crippen LogP contribution < -0.4 is 10.2 Å². The van der Waals surface area contributed by atoms with Gasteiger partial charge in [0, 0.05) is 35.3 Å². The molecule has 0 amide bonds. The molecule has 3 rings (SSSR count). The lowest BCUT2D eigenvalue weighted by molar-refractivity contribution is 0.466. The molecule has 1 aromatic carbocycles. The predicted molar refractivity (Wildman–Crippen MR) is 66.3 cm³/mol. The summed E-state index contributed by atoms with van der Waals surface area (Å²) < 4.78 is 1.16. The topological polar surface area (TPSA) is 15.3 Å². The van der Waals surface area contributed by atoms with Crippen molar-refractivity contribution in [1.82, 2.24) is 5.32 Å². The fraction of sp³-hybridized carbons (Fsp3) is 0.500. The Morgan fingerprint density at radius 2 is 1.67 bits per heavy atom. The Morgan fingerprint density at radius 3 is 2.27 bits per heavy atom. The number of hydrogen-bond donors (Lipinski definition) is 1. The minimum Gasteiger partial charge on any atom is -0.368 e. The Hall–Kier alpha value is -0.540. The van der Waals surface area contributed by atoms with Gasteiger partial charge in [-0.1, -0.05) is 15.9 Å². The second-order valence-electron chi connectivity index (χ2n) is 4.52. The summed E-state index contributed by atoms with van der Waals surface area (Å²) in [6.07, 6.45) is 2.69. The molecule has 2 fully saturated rings. The molecule has 2 aliphatic heterocycles. The number of rotatable bonds is 1. The lowest BCUT2D eigenvalue weighted by Gasteiger charge is -2.34. The number of fused-ring (bicyclic) bond motifs is 2. The molecule has 80 valence electrons. The Kier molecular flexibility index (Phi) is 2.45. The van der Waals surface area contributed by atoms with E-state index in [9.17, 15) is 0 Å². The molecule has 2 heterocycles. The summed E-state index contributed by atoms with van der Waals surface area (Å²) in [4.78, 5) is 2.51. The molecule has 0 aromatic heterocycles. The van der Waals surface area contributed by atoms with Crippen molar-refractivity contribution in [3.8, 4) is 0 Å². The first-order chi connectivity index (χ1) is 7.31. The van der Waals surface area contributed by atoms with Crippen LogP contribution >= 0.6 is 15.9 Å². The average Bonchev–Trinajstić information content (AvgIpc) is 2.59. The lowest BCUT2D eigenvalue weighted by Crippen LogP contribution is -2.51. The van der Waals surface area contributed by atoms with E-state index in [2.05, 4.69) is 50.4 Å². The molecule has 1 unspecified atom stereocenters. The van der Waals surface area contributed by atoms with E-state index in [1.165, 1.54) is 18.5 Å². The molecule has 15 heavy (non-hydrogen) atoms. The van der Waals surface area contributed by atoms with E-state index < -0.39 is 0 Å². The van der Waals surface area contributed by atoms with Crippen molar-refractivity contribution in [3.63, 3.8) is 0 Å². The van der Waals surface area contributed by atoms with Gasteiger partial charge < -0.3 is 10.2 Å². The normalized spacial score (nSPS) is 29.5. The van der Waals surface area contributed by atoms with Crippen LogP contribution in [0.4, 0.5) is 5.69 Å². The number of benzene rings is 1. The Bertz CT molecular complexity index is 337. The maximum atomic E-state index is 3.65. The molecule has 2 atom stereocenters. The van der Waals surface area contributed by atoms with Crippen LogP contribution in [0.15, 0.2) is 28.7 Å². The van der Waals surface area contributed by atoms with E-state index in [-0.39, 0.29) is 0 Å². The van der Waals surface area contributed by atoms with Crippen molar-refractivity contribution >= 4 is 21.6 Å². The van der Waals surface area contributed by atoms with Gasteiger partial charge in [-0.3, -0.25) is 0 Å². The van der Waals surface area contributed by atoms with Crippen LogP contribution in [-0.4, -0.2) is 25.2 Å². The van der Waals surface area contributed by atoms with Gasteiger partial charge in [-0.05, 0) is 37.1 Å². The number of piperazine rings is 1. The fourth-order valence-corrected chi connectivity index (χ4v) is 2.92. The SMILES string of the molecule is Brc1ccc(N2CC3CC[C@H](C2)N3)cc1. The summed E-state index contributed by atoms with van der Waals surface area (Å²) in [6, 6.07) is 10.1. The van der Waals surface area contributed by atoms with E-state index in [0.29, 0.717) is 12.1 Å². The van der Waals surface area contributed by atoms with Crippen molar-refractivity contribution < 1.29 is 0 Å². The number of hydrogen-bond acceptors (Lipinski definition) is 2. The van der Waals surface area contributed by atoms with Crippen LogP contribution in [0.1, 0.15) is 12.8 Å². The molecule has 0 radical (unpaired) electrons. The van der Waals surface area contributed by atoms with E-state index in [1.54, 1.807) is 0 Å². The predicted octanol–water partition coefficient (Wildman–Crippen LogP) is 2.39. The van der Waals surface area contributed by atoms with Gasteiger partial charge >= 0.3 is 0 Å². The summed E-state index contributed by atoms with van der Waals surface area (Å²) >= 11 is 3.47. The largest absolute Gasteiger partial charge is 0.368 e. The van der Waals surface area contributed by atoms with Crippen LogP contribution in [0.5, 0.6) is 0 Å². The zero-order valence-corrected chi connectivity index (χ0v) is 10.2. The summed E-state index contributed by atoms with van der Waals surface area (Å²) in [5.74, 6) is 0. The standard InChI is InChI=1S/C12H15BrN2/c13-9-1-5-12(6-2-9)15-7-10-3-4-11(8-15)14-10/h1-2,5-6,10-11,14H,3-4,7-8H2/t10-,11?/m1/s1. The van der Waals surface area contributed by atoms with Gasteiger partial charge in [0.05, 0.1) is 0 Å². The monoisotopic (exact) mass is 266 g/mol. The molecule has 2 nitrogen and oxygen atoms in total. The fourth-order valence-electron chi connectivity index (χ4n) is 2.66. The van der Waals surface area contributed by atoms with E-state index in [1.807, 2.05) is 0 Å². The first-order valence-electron chi connectivity index (χ1n) is 5.58. The Balaban J connectivity index is 1.80. The zero-order chi connectivity index (χ0) is 10.3. The summed E-state index contributed by atoms with van der Waals surface area (Å²) in [6.45, 7) is 2.33. The first-order valence-corrected chi connectivity index (χ1v) is 6.37. The van der Waals surface area contributed by atoms with E-state index in [4.69, 9.17) is 0 Å². The molecule has 0 spiro atoms. The van der Waals surface area contributed by atoms with Gasteiger partial charge in [0.2, 0.25) is 0 Å². The molecule has 2 aliphatic rings. The van der Waals surface area contributed by atoms with Crippen molar-refractivity contribution in [2.24, 2.45) is 0 Å². The molecule has 1 aromatic rings. The molecular formula is C12H15BrN2. The summed E-state index contributed by atoms with van der Waals surface area (Å²) in [5, 5.41) is 3.65. The number of nitrogens with one attached hydrogen (secondary N) is 1. The third kappa shape index (κ3) is 1.91. The van der Waals surface area contributed by atoms with Crippen molar-refractivity contribution in [2.75, 3.05) is 18.0 Å². The maximum Gasteiger partial charge on any atom is 0.0368 e. The second kappa shape index (κ2) is 3.80. The van der Waals surface area contributed by atoms with Crippen molar-refractivity contribution in [3.05, 3.63) is 28.7 Å². The minimum absolute atomic E-state index is 0.715. The highest BCUT2D eigenvalue weighted by molar-refractivity contribution is 9.10. The highest BCUT2D eigenvalue weighted by Crippen LogP contribution is 2.26. The van der Waals surface area contributed by atoms with Gasteiger partial charge in [0.1, 0.15) is 0 Å². The van der Waals surface area contributed by atoms with Crippen LogP contribution in [-0.2, 0) is 0 Å². The Morgan fingerprint density at radius 1 is 1.07 bits per heavy atom. The first kappa shape index (κ1) is 9.67. The highest BCUT2D eigenvalue weighted by Gasteiger charge is 2.31. The van der Waals surface area contributed by atoms with E-state index >= 15 is 0 Å².